The van der Waals surface area contributed by atoms with Crippen LogP contribution in [0, 0.1) is 12.8 Å². The van der Waals surface area contributed by atoms with E-state index in [4.69, 9.17) is 0 Å². The maximum atomic E-state index is 13.0. The molecule has 0 aliphatic carbocycles. The number of hydrogen-bond donors (Lipinski definition) is 0. The molecule has 4 rings (SSSR count). The fourth-order valence-corrected chi connectivity index (χ4v) is 6.39. The lowest BCUT2D eigenvalue weighted by atomic mass is 10.1. The molecule has 3 aliphatic heterocycles. The van der Waals surface area contributed by atoms with Gasteiger partial charge in [-0.05, 0) is 18.9 Å². The number of benzene rings is 1. The number of amides is 2. The first-order valence-electron chi connectivity index (χ1n) is 10.4. The number of nitrogens with zero attached hydrogens (tertiary/aromatic N) is 3. The minimum Gasteiger partial charge on any atom is -0.340 e. The number of piperazine rings is 1. The van der Waals surface area contributed by atoms with Gasteiger partial charge in [0.25, 0.3) is 0 Å². The summed E-state index contributed by atoms with van der Waals surface area (Å²) < 4.78 is 23.4. The molecule has 0 radical (unpaired) electrons. The van der Waals surface area contributed by atoms with E-state index in [-0.39, 0.29) is 41.7 Å². The van der Waals surface area contributed by atoms with Crippen molar-refractivity contribution in [1.29, 1.82) is 0 Å². The van der Waals surface area contributed by atoms with Crippen LogP contribution in [0.15, 0.2) is 24.3 Å². The number of sulfone groups is 1. The van der Waals surface area contributed by atoms with Crippen molar-refractivity contribution in [1.82, 2.24) is 14.7 Å². The molecule has 158 valence electrons. The van der Waals surface area contributed by atoms with Crippen molar-refractivity contribution in [3.05, 3.63) is 35.4 Å². The molecule has 3 aliphatic rings. The highest BCUT2D eigenvalue weighted by atomic mass is 32.2. The molecule has 1 aromatic carbocycles. The number of rotatable bonds is 4. The fourth-order valence-electron chi connectivity index (χ4n) is 4.63. The number of carbonyl (C=O) groups excluding carboxylic acids is 2. The summed E-state index contributed by atoms with van der Waals surface area (Å²) >= 11 is 0. The Balaban J connectivity index is 1.29. The van der Waals surface area contributed by atoms with Crippen LogP contribution in [0.5, 0.6) is 0 Å². The summed E-state index contributed by atoms with van der Waals surface area (Å²) in [5, 5.41) is 0. The van der Waals surface area contributed by atoms with E-state index in [1.54, 1.807) is 4.90 Å². The molecular weight excluding hydrogens is 390 g/mol. The Morgan fingerprint density at radius 3 is 2.41 bits per heavy atom. The number of likely N-dealkylation sites (tertiary alicyclic amines) is 1. The Labute approximate surface area is 172 Å². The normalized spacial score (nSPS) is 27.6. The standard InChI is InChI=1S/C21H29N3O4S/c1-16-2-4-17(5-3-16)13-24-14-18(12-20(24)25)21(26)23-9-7-22(8-10-23)19-6-11-29(27,28)15-19/h2-5,18-19H,6-15H2,1H3. The molecule has 2 unspecified atom stereocenters. The SMILES string of the molecule is Cc1ccc(CN2CC(C(=O)N3CCN(C4CCS(=O)(=O)C4)CC3)CC2=O)cc1. The predicted octanol–water partition coefficient (Wildman–Crippen LogP) is 0.675. The second-order valence-corrected chi connectivity index (χ2v) is 10.8. The Morgan fingerprint density at radius 2 is 1.79 bits per heavy atom. The maximum Gasteiger partial charge on any atom is 0.228 e. The smallest absolute Gasteiger partial charge is 0.228 e. The van der Waals surface area contributed by atoms with Gasteiger partial charge in [-0.25, -0.2) is 8.42 Å². The summed E-state index contributed by atoms with van der Waals surface area (Å²) in [6.45, 7) is 5.69. The highest BCUT2D eigenvalue weighted by Crippen LogP contribution is 2.24. The molecule has 0 aromatic heterocycles. The van der Waals surface area contributed by atoms with E-state index >= 15 is 0 Å². The maximum absolute atomic E-state index is 13.0. The second-order valence-electron chi connectivity index (χ2n) is 8.58. The first-order chi connectivity index (χ1) is 13.8. The van der Waals surface area contributed by atoms with Gasteiger partial charge in [0, 0.05) is 51.7 Å². The minimum atomic E-state index is -2.89. The third kappa shape index (κ3) is 4.64. The lowest BCUT2D eigenvalue weighted by molar-refractivity contribution is -0.137. The van der Waals surface area contributed by atoms with Crippen LogP contribution in [-0.4, -0.2) is 85.2 Å². The quantitative estimate of drug-likeness (QED) is 0.717. The summed E-state index contributed by atoms with van der Waals surface area (Å²) in [5.41, 5.74) is 2.26. The van der Waals surface area contributed by atoms with Crippen LogP contribution >= 0.6 is 0 Å². The molecule has 2 atom stereocenters. The average Bonchev–Trinajstić information content (AvgIpc) is 3.25. The van der Waals surface area contributed by atoms with Crippen LogP contribution in [0.25, 0.3) is 0 Å². The molecule has 3 saturated heterocycles. The molecule has 0 bridgehead atoms. The predicted molar refractivity (Wildman–Crippen MR) is 110 cm³/mol. The van der Waals surface area contributed by atoms with Crippen LogP contribution in [0.2, 0.25) is 0 Å². The summed E-state index contributed by atoms with van der Waals surface area (Å²) in [6.07, 6.45) is 0.979. The van der Waals surface area contributed by atoms with E-state index in [2.05, 4.69) is 4.90 Å². The number of hydrogen-bond acceptors (Lipinski definition) is 5. The minimum absolute atomic E-state index is 0.0405. The third-order valence-corrected chi connectivity index (χ3v) is 8.16. The van der Waals surface area contributed by atoms with Gasteiger partial charge in [0.05, 0.1) is 17.4 Å². The molecule has 0 N–H and O–H groups in total. The molecule has 0 saturated carbocycles. The lowest BCUT2D eigenvalue weighted by Gasteiger charge is -2.38. The topological polar surface area (TPSA) is 78.0 Å². The highest BCUT2D eigenvalue weighted by Gasteiger charge is 2.39. The summed E-state index contributed by atoms with van der Waals surface area (Å²) in [4.78, 5) is 31.2. The molecular formula is C21H29N3O4S. The van der Waals surface area contributed by atoms with Gasteiger partial charge in [-0.15, -0.1) is 0 Å². The zero-order chi connectivity index (χ0) is 20.6. The van der Waals surface area contributed by atoms with Crippen molar-refractivity contribution >= 4 is 21.7 Å². The van der Waals surface area contributed by atoms with Crippen LogP contribution < -0.4 is 0 Å². The van der Waals surface area contributed by atoms with Crippen molar-refractivity contribution in [3.8, 4) is 0 Å². The van der Waals surface area contributed by atoms with Crippen molar-refractivity contribution < 1.29 is 18.0 Å². The van der Waals surface area contributed by atoms with E-state index < -0.39 is 9.84 Å². The Bertz CT molecular complexity index is 876. The molecule has 3 fully saturated rings. The molecule has 1 aromatic rings. The zero-order valence-electron chi connectivity index (χ0n) is 16.9. The van der Waals surface area contributed by atoms with Gasteiger partial charge in [-0.1, -0.05) is 29.8 Å². The molecule has 0 spiro atoms. The average molecular weight is 420 g/mol. The lowest BCUT2D eigenvalue weighted by Crippen LogP contribution is -2.53. The first-order valence-corrected chi connectivity index (χ1v) is 12.2. The van der Waals surface area contributed by atoms with Crippen LogP contribution in [-0.2, 0) is 26.0 Å². The Hall–Kier alpha value is -1.93. The van der Waals surface area contributed by atoms with Gasteiger partial charge in [-0.2, -0.15) is 0 Å². The molecule has 3 heterocycles. The Morgan fingerprint density at radius 1 is 1.10 bits per heavy atom. The van der Waals surface area contributed by atoms with Gasteiger partial charge >= 0.3 is 0 Å². The van der Waals surface area contributed by atoms with Crippen molar-refractivity contribution in [3.63, 3.8) is 0 Å². The van der Waals surface area contributed by atoms with Gasteiger partial charge in [-0.3, -0.25) is 14.5 Å². The number of aryl methyl sites for hydroxylation is 1. The van der Waals surface area contributed by atoms with E-state index in [1.807, 2.05) is 36.1 Å². The fraction of sp³-hybridized carbons (Fsp3) is 0.619. The molecule has 2 amide bonds. The van der Waals surface area contributed by atoms with Gasteiger partial charge in [0.15, 0.2) is 9.84 Å². The monoisotopic (exact) mass is 419 g/mol. The summed E-state index contributed by atoms with van der Waals surface area (Å²) in [6, 6.07) is 8.22. The van der Waals surface area contributed by atoms with E-state index in [0.29, 0.717) is 45.7 Å². The first kappa shape index (κ1) is 20.3. The van der Waals surface area contributed by atoms with Gasteiger partial charge in [0.2, 0.25) is 11.8 Å². The summed E-state index contributed by atoms with van der Waals surface area (Å²) in [5.74, 6) is 0.345. The van der Waals surface area contributed by atoms with E-state index in [9.17, 15) is 18.0 Å². The van der Waals surface area contributed by atoms with E-state index in [1.165, 1.54) is 5.56 Å². The third-order valence-electron chi connectivity index (χ3n) is 6.41. The van der Waals surface area contributed by atoms with Gasteiger partial charge in [0.1, 0.15) is 0 Å². The Kier molecular flexibility index (Phi) is 5.66. The van der Waals surface area contributed by atoms with Crippen LogP contribution in [0.3, 0.4) is 0 Å². The van der Waals surface area contributed by atoms with Gasteiger partial charge < -0.3 is 9.80 Å². The van der Waals surface area contributed by atoms with E-state index in [0.717, 1.165) is 5.56 Å². The molecule has 8 heteroatoms. The van der Waals surface area contributed by atoms with Crippen molar-refractivity contribution in [2.24, 2.45) is 5.92 Å². The molecule has 29 heavy (non-hydrogen) atoms. The second kappa shape index (κ2) is 8.07. The largest absolute Gasteiger partial charge is 0.340 e. The number of carbonyl (C=O) groups is 2. The van der Waals surface area contributed by atoms with Crippen molar-refractivity contribution in [2.45, 2.75) is 32.4 Å². The van der Waals surface area contributed by atoms with Crippen molar-refractivity contribution in [2.75, 3.05) is 44.2 Å². The highest BCUT2D eigenvalue weighted by molar-refractivity contribution is 7.91. The summed E-state index contributed by atoms with van der Waals surface area (Å²) in [7, 11) is -2.89. The molecule has 7 nitrogen and oxygen atoms in total. The van der Waals surface area contributed by atoms with Crippen LogP contribution in [0.4, 0.5) is 0 Å². The van der Waals surface area contributed by atoms with Crippen LogP contribution in [0.1, 0.15) is 24.0 Å². The zero-order valence-corrected chi connectivity index (χ0v) is 17.7.